The highest BCUT2D eigenvalue weighted by atomic mass is 32.1. The number of morpholine rings is 1. The first-order valence-electron chi connectivity index (χ1n) is 6.00. The van der Waals surface area contributed by atoms with E-state index in [9.17, 15) is 0 Å². The van der Waals surface area contributed by atoms with E-state index in [2.05, 4.69) is 23.7 Å². The van der Waals surface area contributed by atoms with E-state index in [4.69, 9.17) is 10.5 Å². The van der Waals surface area contributed by atoms with Crippen molar-refractivity contribution in [1.82, 2.24) is 4.98 Å². The second-order valence-corrected chi connectivity index (χ2v) is 6.26. The molecular weight excluding hydrogens is 234 g/mol. The predicted molar refractivity (Wildman–Crippen MR) is 71.7 cm³/mol. The van der Waals surface area contributed by atoms with Crippen molar-refractivity contribution in [3.63, 3.8) is 0 Å². The Labute approximate surface area is 107 Å². The van der Waals surface area contributed by atoms with Crippen LogP contribution in [0.5, 0.6) is 0 Å². The van der Waals surface area contributed by atoms with Gasteiger partial charge in [-0.05, 0) is 27.7 Å². The molecule has 1 aliphatic rings. The zero-order valence-corrected chi connectivity index (χ0v) is 11.8. The summed E-state index contributed by atoms with van der Waals surface area (Å²) in [6, 6.07) is 0.0606. The van der Waals surface area contributed by atoms with Crippen LogP contribution in [-0.2, 0) is 4.74 Å². The van der Waals surface area contributed by atoms with Crippen molar-refractivity contribution in [1.29, 1.82) is 0 Å². The summed E-state index contributed by atoms with van der Waals surface area (Å²) in [5.74, 6) is 0. The fraction of sp³-hybridized carbons (Fsp3) is 0.750. The molecule has 0 bridgehead atoms. The third-order valence-electron chi connectivity index (χ3n) is 3.11. The SMILES string of the molecule is Cc1nc(N2CCOCC2(C)C)sc1C(C)N. The Kier molecular flexibility index (Phi) is 3.43. The minimum atomic E-state index is 0.0116. The first-order chi connectivity index (χ1) is 7.92. The number of aryl methyl sites for hydroxylation is 1. The third-order valence-corrected chi connectivity index (χ3v) is 4.49. The minimum Gasteiger partial charge on any atom is -0.377 e. The number of hydrogen-bond donors (Lipinski definition) is 1. The van der Waals surface area contributed by atoms with Gasteiger partial charge in [-0.3, -0.25) is 0 Å². The van der Waals surface area contributed by atoms with E-state index in [-0.39, 0.29) is 11.6 Å². The van der Waals surface area contributed by atoms with Crippen molar-refractivity contribution in [3.05, 3.63) is 10.6 Å². The fourth-order valence-corrected chi connectivity index (χ4v) is 3.35. The number of nitrogens with zero attached hydrogens (tertiary/aromatic N) is 2. The van der Waals surface area contributed by atoms with Crippen LogP contribution in [0.4, 0.5) is 5.13 Å². The summed E-state index contributed by atoms with van der Waals surface area (Å²) >= 11 is 1.71. The smallest absolute Gasteiger partial charge is 0.186 e. The molecule has 1 unspecified atom stereocenters. The van der Waals surface area contributed by atoms with Crippen LogP contribution in [0.2, 0.25) is 0 Å². The molecule has 96 valence electrons. The summed E-state index contributed by atoms with van der Waals surface area (Å²) in [6.07, 6.45) is 0. The number of aromatic nitrogens is 1. The Morgan fingerprint density at radius 2 is 2.24 bits per heavy atom. The monoisotopic (exact) mass is 255 g/mol. The molecule has 5 heteroatoms. The topological polar surface area (TPSA) is 51.4 Å². The van der Waals surface area contributed by atoms with Gasteiger partial charge in [-0.15, -0.1) is 11.3 Å². The Morgan fingerprint density at radius 1 is 1.53 bits per heavy atom. The highest BCUT2D eigenvalue weighted by Crippen LogP contribution is 2.34. The highest BCUT2D eigenvalue weighted by Gasteiger charge is 2.33. The van der Waals surface area contributed by atoms with E-state index < -0.39 is 0 Å². The van der Waals surface area contributed by atoms with E-state index in [1.54, 1.807) is 11.3 Å². The summed E-state index contributed by atoms with van der Waals surface area (Å²) in [4.78, 5) is 8.18. The summed E-state index contributed by atoms with van der Waals surface area (Å²) in [5.41, 5.74) is 7.02. The van der Waals surface area contributed by atoms with Crippen LogP contribution in [0, 0.1) is 6.92 Å². The number of thiazole rings is 1. The summed E-state index contributed by atoms with van der Waals surface area (Å²) in [5, 5.41) is 1.07. The second kappa shape index (κ2) is 4.55. The van der Waals surface area contributed by atoms with Crippen LogP contribution in [0.15, 0.2) is 0 Å². The standard InChI is InChI=1S/C12H21N3OS/c1-8(13)10-9(2)14-11(17-10)15-5-6-16-7-12(15,3)4/h8H,5-7,13H2,1-4H3. The molecule has 1 atom stereocenters. The van der Waals surface area contributed by atoms with E-state index >= 15 is 0 Å². The van der Waals surface area contributed by atoms with Gasteiger partial charge in [-0.1, -0.05) is 0 Å². The van der Waals surface area contributed by atoms with E-state index in [0.717, 1.165) is 30.6 Å². The van der Waals surface area contributed by atoms with Crippen LogP contribution in [0.3, 0.4) is 0 Å². The predicted octanol–water partition coefficient (Wildman–Crippen LogP) is 2.09. The number of anilines is 1. The van der Waals surface area contributed by atoms with Crippen LogP contribution >= 0.6 is 11.3 Å². The molecule has 0 amide bonds. The third kappa shape index (κ3) is 2.46. The molecular formula is C12H21N3OS. The van der Waals surface area contributed by atoms with Gasteiger partial charge >= 0.3 is 0 Å². The lowest BCUT2D eigenvalue weighted by atomic mass is 10.0. The normalized spacial score (nSPS) is 21.6. The lowest BCUT2D eigenvalue weighted by molar-refractivity contribution is 0.0643. The lowest BCUT2D eigenvalue weighted by Crippen LogP contribution is -2.53. The van der Waals surface area contributed by atoms with Gasteiger partial charge in [0.15, 0.2) is 5.13 Å². The molecule has 2 rings (SSSR count). The molecule has 1 aromatic heterocycles. The van der Waals surface area contributed by atoms with Crippen LogP contribution in [0.1, 0.15) is 37.4 Å². The maximum atomic E-state index is 5.95. The van der Waals surface area contributed by atoms with Crippen LogP contribution in [0.25, 0.3) is 0 Å². The van der Waals surface area contributed by atoms with Gasteiger partial charge in [-0.25, -0.2) is 4.98 Å². The van der Waals surface area contributed by atoms with Crippen molar-refractivity contribution >= 4 is 16.5 Å². The lowest BCUT2D eigenvalue weighted by Gasteiger charge is -2.42. The Morgan fingerprint density at radius 3 is 2.76 bits per heavy atom. The molecule has 0 spiro atoms. The van der Waals surface area contributed by atoms with E-state index in [1.807, 2.05) is 13.8 Å². The van der Waals surface area contributed by atoms with Gasteiger partial charge in [0.2, 0.25) is 0 Å². The van der Waals surface area contributed by atoms with E-state index in [1.165, 1.54) is 4.88 Å². The molecule has 1 fully saturated rings. The van der Waals surface area contributed by atoms with Gasteiger partial charge in [-0.2, -0.15) is 0 Å². The summed E-state index contributed by atoms with van der Waals surface area (Å²) in [6.45, 7) is 10.8. The molecule has 0 radical (unpaired) electrons. The Bertz CT molecular complexity index is 400. The fourth-order valence-electron chi connectivity index (χ4n) is 2.14. The van der Waals surface area contributed by atoms with Gasteiger partial charge < -0.3 is 15.4 Å². The van der Waals surface area contributed by atoms with Gasteiger partial charge in [0, 0.05) is 17.5 Å². The van der Waals surface area contributed by atoms with Crippen LogP contribution < -0.4 is 10.6 Å². The van der Waals surface area contributed by atoms with Crippen molar-refractivity contribution in [3.8, 4) is 0 Å². The van der Waals surface area contributed by atoms with Crippen LogP contribution in [-0.4, -0.2) is 30.3 Å². The summed E-state index contributed by atoms with van der Waals surface area (Å²) < 4.78 is 5.53. The number of nitrogens with two attached hydrogens (primary N) is 1. The van der Waals surface area contributed by atoms with Crippen molar-refractivity contribution in [2.75, 3.05) is 24.7 Å². The van der Waals surface area contributed by atoms with Gasteiger partial charge in [0.25, 0.3) is 0 Å². The zero-order chi connectivity index (χ0) is 12.6. The van der Waals surface area contributed by atoms with Gasteiger partial charge in [0.1, 0.15) is 0 Å². The average Bonchev–Trinajstić information content (AvgIpc) is 2.59. The maximum Gasteiger partial charge on any atom is 0.186 e. The average molecular weight is 255 g/mol. The molecule has 17 heavy (non-hydrogen) atoms. The maximum absolute atomic E-state index is 5.95. The Balaban J connectivity index is 2.30. The molecule has 1 aromatic rings. The molecule has 0 aromatic carbocycles. The largest absolute Gasteiger partial charge is 0.377 e. The first kappa shape index (κ1) is 12.8. The Hall–Kier alpha value is -0.650. The molecule has 1 saturated heterocycles. The first-order valence-corrected chi connectivity index (χ1v) is 6.82. The second-order valence-electron chi connectivity index (χ2n) is 5.25. The molecule has 4 nitrogen and oxygen atoms in total. The van der Waals surface area contributed by atoms with Gasteiger partial charge in [0.05, 0.1) is 24.4 Å². The van der Waals surface area contributed by atoms with Crippen molar-refractivity contribution < 1.29 is 4.74 Å². The number of hydrogen-bond acceptors (Lipinski definition) is 5. The molecule has 2 heterocycles. The van der Waals surface area contributed by atoms with Crippen molar-refractivity contribution in [2.45, 2.75) is 39.3 Å². The summed E-state index contributed by atoms with van der Waals surface area (Å²) in [7, 11) is 0. The molecule has 0 aliphatic carbocycles. The number of rotatable bonds is 2. The molecule has 0 saturated carbocycles. The number of ether oxygens (including phenoxy) is 1. The zero-order valence-electron chi connectivity index (χ0n) is 11.0. The van der Waals surface area contributed by atoms with E-state index in [0.29, 0.717) is 0 Å². The minimum absolute atomic E-state index is 0.0116. The van der Waals surface area contributed by atoms with Crippen molar-refractivity contribution in [2.24, 2.45) is 5.73 Å². The molecule has 1 aliphatic heterocycles. The highest BCUT2D eigenvalue weighted by molar-refractivity contribution is 7.15. The molecule has 2 N–H and O–H groups in total. The quantitative estimate of drug-likeness (QED) is 0.879.